The van der Waals surface area contributed by atoms with E-state index in [1.54, 1.807) is 12.1 Å². The summed E-state index contributed by atoms with van der Waals surface area (Å²) < 4.78 is 13.0. The molecular weight excluding hydrogens is 273 g/mol. The molecule has 0 radical (unpaired) electrons. The molecule has 3 aromatic rings. The van der Waals surface area contributed by atoms with Crippen LogP contribution in [-0.2, 0) is 5.41 Å². The minimum absolute atomic E-state index is 0.102. The molecule has 0 atom stereocenters. The zero-order valence-electron chi connectivity index (χ0n) is 12.8. The van der Waals surface area contributed by atoms with Crippen LogP contribution in [0, 0.1) is 5.82 Å². The van der Waals surface area contributed by atoms with Crippen LogP contribution in [0.1, 0.15) is 25.0 Å². The van der Waals surface area contributed by atoms with Crippen molar-refractivity contribution in [3.8, 4) is 11.3 Å². The van der Waals surface area contributed by atoms with Gasteiger partial charge in [0.2, 0.25) is 0 Å². The number of aromatic nitrogens is 1. The Hall–Kier alpha value is -2.48. The van der Waals surface area contributed by atoms with E-state index in [1.165, 1.54) is 17.7 Å². The van der Waals surface area contributed by atoms with Gasteiger partial charge in [-0.1, -0.05) is 50.2 Å². The van der Waals surface area contributed by atoms with Crippen LogP contribution in [0.3, 0.4) is 0 Å². The van der Waals surface area contributed by atoms with Crippen molar-refractivity contribution in [2.75, 3.05) is 0 Å². The molecule has 0 amide bonds. The molecule has 2 heteroatoms. The zero-order chi connectivity index (χ0) is 15.6. The van der Waals surface area contributed by atoms with Crippen LogP contribution in [0.4, 0.5) is 4.39 Å². The Morgan fingerprint density at radius 3 is 2.05 bits per heavy atom. The Kier molecular flexibility index (Phi) is 3.76. The fraction of sp³-hybridized carbons (Fsp3) is 0.150. The highest BCUT2D eigenvalue weighted by Crippen LogP contribution is 2.31. The lowest BCUT2D eigenvalue weighted by atomic mass is 9.79. The van der Waals surface area contributed by atoms with E-state index >= 15 is 0 Å². The maximum absolute atomic E-state index is 13.0. The molecule has 0 unspecified atom stereocenters. The Labute approximate surface area is 130 Å². The van der Waals surface area contributed by atoms with Crippen LogP contribution >= 0.6 is 0 Å². The van der Waals surface area contributed by atoms with Crippen LogP contribution in [0.2, 0.25) is 0 Å². The van der Waals surface area contributed by atoms with E-state index in [2.05, 4.69) is 49.2 Å². The molecule has 0 N–H and O–H groups in total. The summed E-state index contributed by atoms with van der Waals surface area (Å²) >= 11 is 0. The Morgan fingerprint density at radius 2 is 1.45 bits per heavy atom. The minimum Gasteiger partial charge on any atom is -0.256 e. The first kappa shape index (κ1) is 14.5. The molecule has 0 aliphatic heterocycles. The van der Waals surface area contributed by atoms with Gasteiger partial charge >= 0.3 is 0 Å². The van der Waals surface area contributed by atoms with E-state index < -0.39 is 0 Å². The van der Waals surface area contributed by atoms with Gasteiger partial charge in [-0.3, -0.25) is 4.98 Å². The first-order chi connectivity index (χ1) is 10.6. The third-order valence-electron chi connectivity index (χ3n) is 4.12. The molecule has 3 rings (SSSR count). The highest BCUT2D eigenvalue weighted by atomic mass is 19.1. The number of halogens is 1. The molecule has 0 bridgehead atoms. The second-order valence-corrected chi connectivity index (χ2v) is 5.93. The second-order valence-electron chi connectivity index (χ2n) is 5.93. The first-order valence-corrected chi connectivity index (χ1v) is 7.35. The van der Waals surface area contributed by atoms with Crippen LogP contribution in [0.25, 0.3) is 11.3 Å². The Bertz CT molecular complexity index is 744. The second kappa shape index (κ2) is 5.72. The summed E-state index contributed by atoms with van der Waals surface area (Å²) in [6.07, 6.45) is 1.91. The predicted molar refractivity (Wildman–Crippen MR) is 88.2 cm³/mol. The van der Waals surface area contributed by atoms with Crippen molar-refractivity contribution < 1.29 is 4.39 Å². The molecule has 22 heavy (non-hydrogen) atoms. The minimum atomic E-state index is -0.231. The van der Waals surface area contributed by atoms with Crippen molar-refractivity contribution in [2.24, 2.45) is 0 Å². The average molecular weight is 291 g/mol. The van der Waals surface area contributed by atoms with Gasteiger partial charge in [0.05, 0.1) is 5.69 Å². The SMILES string of the molecule is CC(C)(c1ccccc1)c1ccc(-c2ccc(F)cc2)nc1. The van der Waals surface area contributed by atoms with Gasteiger partial charge in [0, 0.05) is 17.2 Å². The van der Waals surface area contributed by atoms with Crippen molar-refractivity contribution in [2.45, 2.75) is 19.3 Å². The summed E-state index contributed by atoms with van der Waals surface area (Å²) in [4.78, 5) is 4.55. The van der Waals surface area contributed by atoms with Gasteiger partial charge < -0.3 is 0 Å². The normalized spacial score (nSPS) is 11.4. The van der Waals surface area contributed by atoms with Crippen LogP contribution in [0.5, 0.6) is 0 Å². The maximum atomic E-state index is 13.0. The molecule has 1 nitrogen and oxygen atoms in total. The summed E-state index contributed by atoms with van der Waals surface area (Å²) in [5.41, 5.74) is 4.09. The third kappa shape index (κ3) is 2.77. The molecule has 110 valence electrons. The fourth-order valence-corrected chi connectivity index (χ4v) is 2.58. The monoisotopic (exact) mass is 291 g/mol. The van der Waals surface area contributed by atoms with Gasteiger partial charge in [-0.15, -0.1) is 0 Å². The summed E-state index contributed by atoms with van der Waals surface area (Å²) in [5.74, 6) is -0.231. The number of benzene rings is 2. The largest absolute Gasteiger partial charge is 0.256 e. The topological polar surface area (TPSA) is 12.9 Å². The van der Waals surface area contributed by atoms with Crippen molar-refractivity contribution >= 4 is 0 Å². The molecule has 0 fully saturated rings. The van der Waals surface area contributed by atoms with Crippen LogP contribution in [-0.4, -0.2) is 4.98 Å². The fourth-order valence-electron chi connectivity index (χ4n) is 2.58. The Morgan fingerprint density at radius 1 is 0.773 bits per heavy atom. The lowest BCUT2D eigenvalue weighted by molar-refractivity contribution is 0.628. The zero-order valence-corrected chi connectivity index (χ0v) is 12.8. The quantitative estimate of drug-likeness (QED) is 0.645. The number of nitrogens with zero attached hydrogens (tertiary/aromatic N) is 1. The summed E-state index contributed by atoms with van der Waals surface area (Å²) in [6, 6.07) is 20.9. The van der Waals surface area contributed by atoms with Gasteiger partial charge in [0.15, 0.2) is 0 Å². The van der Waals surface area contributed by atoms with Gasteiger partial charge in [0.25, 0.3) is 0 Å². The molecule has 0 saturated heterocycles. The molecule has 0 saturated carbocycles. The molecule has 2 aromatic carbocycles. The Balaban J connectivity index is 1.93. The van der Waals surface area contributed by atoms with Crippen molar-refractivity contribution in [3.05, 3.63) is 89.9 Å². The van der Waals surface area contributed by atoms with Gasteiger partial charge in [-0.05, 0) is 41.5 Å². The van der Waals surface area contributed by atoms with E-state index in [4.69, 9.17) is 0 Å². The lowest BCUT2D eigenvalue weighted by Crippen LogP contribution is -2.18. The highest BCUT2D eigenvalue weighted by molar-refractivity contribution is 5.59. The van der Waals surface area contributed by atoms with E-state index in [0.717, 1.165) is 16.8 Å². The third-order valence-corrected chi connectivity index (χ3v) is 4.12. The van der Waals surface area contributed by atoms with Crippen molar-refractivity contribution in [1.29, 1.82) is 0 Å². The van der Waals surface area contributed by atoms with Crippen LogP contribution in [0.15, 0.2) is 72.9 Å². The summed E-state index contributed by atoms with van der Waals surface area (Å²) in [5, 5.41) is 0. The predicted octanol–water partition coefficient (Wildman–Crippen LogP) is 5.21. The molecule has 0 spiro atoms. The summed E-state index contributed by atoms with van der Waals surface area (Å²) in [6.45, 7) is 4.38. The van der Waals surface area contributed by atoms with Gasteiger partial charge in [0.1, 0.15) is 5.82 Å². The number of hydrogen-bond donors (Lipinski definition) is 0. The number of rotatable bonds is 3. The molecular formula is C20H18FN. The van der Waals surface area contributed by atoms with Gasteiger partial charge in [-0.25, -0.2) is 4.39 Å². The molecule has 1 heterocycles. The van der Waals surface area contributed by atoms with Crippen LogP contribution < -0.4 is 0 Å². The van der Waals surface area contributed by atoms with E-state index in [-0.39, 0.29) is 11.2 Å². The number of pyridine rings is 1. The standard InChI is InChI=1S/C20H18FN/c1-20(2,16-6-4-3-5-7-16)17-10-13-19(22-14-17)15-8-11-18(21)12-9-15/h3-14H,1-2H3. The molecule has 0 aliphatic carbocycles. The molecule has 1 aromatic heterocycles. The van der Waals surface area contributed by atoms with Gasteiger partial charge in [-0.2, -0.15) is 0 Å². The van der Waals surface area contributed by atoms with E-state index in [0.29, 0.717) is 0 Å². The lowest BCUT2D eigenvalue weighted by Gasteiger charge is -2.25. The smallest absolute Gasteiger partial charge is 0.123 e. The first-order valence-electron chi connectivity index (χ1n) is 7.35. The van der Waals surface area contributed by atoms with E-state index in [9.17, 15) is 4.39 Å². The van der Waals surface area contributed by atoms with Crippen molar-refractivity contribution in [1.82, 2.24) is 4.98 Å². The van der Waals surface area contributed by atoms with E-state index in [1.807, 2.05) is 18.3 Å². The average Bonchev–Trinajstić information content (AvgIpc) is 2.56. The van der Waals surface area contributed by atoms with Crippen molar-refractivity contribution in [3.63, 3.8) is 0 Å². The highest BCUT2D eigenvalue weighted by Gasteiger charge is 2.23. The molecule has 0 aliphatic rings. The maximum Gasteiger partial charge on any atom is 0.123 e. The summed E-state index contributed by atoms with van der Waals surface area (Å²) in [7, 11) is 0. The number of hydrogen-bond acceptors (Lipinski definition) is 1.